The lowest BCUT2D eigenvalue weighted by Gasteiger charge is -2.14. The lowest BCUT2D eigenvalue weighted by atomic mass is 10.0. The lowest BCUT2D eigenvalue weighted by molar-refractivity contribution is -0.141. The molecule has 2 aromatic rings. The summed E-state index contributed by atoms with van der Waals surface area (Å²) >= 11 is 1.50. The molecule has 0 fully saturated rings. The van der Waals surface area contributed by atoms with E-state index in [9.17, 15) is 19.5 Å². The van der Waals surface area contributed by atoms with Crippen LogP contribution in [0, 0.1) is 6.92 Å². The van der Waals surface area contributed by atoms with Crippen LogP contribution in [0.2, 0.25) is 0 Å². The van der Waals surface area contributed by atoms with Gasteiger partial charge in [-0.2, -0.15) is 11.8 Å². The first-order valence-corrected chi connectivity index (χ1v) is 9.38. The van der Waals surface area contributed by atoms with Crippen molar-refractivity contribution in [1.82, 2.24) is 5.32 Å². The molecule has 0 aliphatic carbocycles. The number of hydrogen-bond acceptors (Lipinski definition) is 6. The third kappa shape index (κ3) is 4.57. The highest BCUT2D eigenvalue weighted by atomic mass is 32.2. The molecule has 0 aliphatic rings. The second-order valence-electron chi connectivity index (χ2n) is 5.77. The molecule has 0 saturated carbocycles. The number of hydrogen-bond donors (Lipinski definition) is 2. The van der Waals surface area contributed by atoms with E-state index >= 15 is 0 Å². The Morgan fingerprint density at radius 1 is 1.38 bits per heavy atom. The minimum atomic E-state index is -1.10. The van der Waals surface area contributed by atoms with Gasteiger partial charge >= 0.3 is 11.6 Å². The van der Waals surface area contributed by atoms with Crippen molar-refractivity contribution in [2.45, 2.75) is 25.8 Å². The molecule has 7 nitrogen and oxygen atoms in total. The molecule has 26 heavy (non-hydrogen) atoms. The highest BCUT2D eigenvalue weighted by molar-refractivity contribution is 7.98. The summed E-state index contributed by atoms with van der Waals surface area (Å²) in [6.07, 6.45) is 1.94. The number of aliphatic carboxylic acids is 1. The summed E-state index contributed by atoms with van der Waals surface area (Å²) in [5, 5.41) is 12.4. The van der Waals surface area contributed by atoms with Gasteiger partial charge in [-0.15, -0.1) is 0 Å². The standard InChI is InChI=1S/C18H21NO6S/c1-10-12-5-4-11(24-2)8-15(12)25-18(23)13(10)9-16(20)19-14(17(21)22)6-7-26-3/h4-5,8,14H,6-7,9H2,1-3H3,(H,19,20)(H,21,22)/t14-/m1/s1. The van der Waals surface area contributed by atoms with E-state index in [4.69, 9.17) is 9.15 Å². The fraction of sp³-hybridized carbons (Fsp3) is 0.389. The molecule has 2 rings (SSSR count). The maximum absolute atomic E-state index is 12.3. The highest BCUT2D eigenvalue weighted by Gasteiger charge is 2.21. The number of ether oxygens (including phenoxy) is 1. The van der Waals surface area contributed by atoms with Crippen molar-refractivity contribution in [3.05, 3.63) is 39.7 Å². The summed E-state index contributed by atoms with van der Waals surface area (Å²) in [6.45, 7) is 1.73. The van der Waals surface area contributed by atoms with Crippen molar-refractivity contribution >= 4 is 34.6 Å². The van der Waals surface area contributed by atoms with Gasteiger partial charge in [-0.3, -0.25) is 4.79 Å². The van der Waals surface area contributed by atoms with Crippen LogP contribution in [0.1, 0.15) is 17.5 Å². The minimum absolute atomic E-state index is 0.217. The molecule has 1 amide bonds. The first-order chi connectivity index (χ1) is 12.4. The van der Waals surface area contributed by atoms with Gasteiger partial charge in [-0.1, -0.05) is 0 Å². The Hall–Kier alpha value is -2.48. The van der Waals surface area contributed by atoms with Crippen LogP contribution < -0.4 is 15.7 Å². The van der Waals surface area contributed by atoms with Gasteiger partial charge in [-0.25, -0.2) is 9.59 Å². The number of carbonyl (C=O) groups is 2. The Balaban J connectivity index is 2.25. The topological polar surface area (TPSA) is 106 Å². The Morgan fingerprint density at radius 3 is 2.73 bits per heavy atom. The Morgan fingerprint density at radius 2 is 2.12 bits per heavy atom. The summed E-state index contributed by atoms with van der Waals surface area (Å²) in [6, 6.07) is 4.12. The average Bonchev–Trinajstić information content (AvgIpc) is 2.61. The van der Waals surface area contributed by atoms with Crippen molar-refractivity contribution in [2.24, 2.45) is 0 Å². The SMILES string of the molecule is COc1ccc2c(C)c(CC(=O)N[C@H](CCSC)C(=O)O)c(=O)oc2c1. The third-order valence-corrected chi connectivity index (χ3v) is 4.72. The largest absolute Gasteiger partial charge is 0.497 e. The van der Waals surface area contributed by atoms with E-state index in [2.05, 4.69) is 5.32 Å². The predicted molar refractivity (Wildman–Crippen MR) is 100 cm³/mol. The fourth-order valence-electron chi connectivity index (χ4n) is 2.60. The molecule has 0 unspecified atom stereocenters. The van der Waals surface area contributed by atoms with Gasteiger partial charge in [0.05, 0.1) is 19.1 Å². The normalized spacial score (nSPS) is 12.0. The summed E-state index contributed by atoms with van der Waals surface area (Å²) in [5.74, 6) is -0.455. The molecule has 0 spiro atoms. The monoisotopic (exact) mass is 379 g/mol. The molecule has 0 bridgehead atoms. The third-order valence-electron chi connectivity index (χ3n) is 4.08. The quantitative estimate of drug-likeness (QED) is 0.676. The number of thioether (sulfide) groups is 1. The van der Waals surface area contributed by atoms with E-state index in [0.717, 1.165) is 0 Å². The van der Waals surface area contributed by atoms with E-state index in [1.165, 1.54) is 18.9 Å². The van der Waals surface area contributed by atoms with Crippen LogP contribution >= 0.6 is 11.8 Å². The van der Waals surface area contributed by atoms with Gasteiger partial charge in [-0.05, 0) is 43.0 Å². The number of methoxy groups -OCH3 is 1. The zero-order chi connectivity index (χ0) is 19.3. The number of carboxylic acid groups (broad SMARTS) is 1. The van der Waals surface area contributed by atoms with Crippen molar-refractivity contribution in [3.63, 3.8) is 0 Å². The van der Waals surface area contributed by atoms with Crippen molar-refractivity contribution < 1.29 is 23.8 Å². The second kappa shape index (κ2) is 8.75. The highest BCUT2D eigenvalue weighted by Crippen LogP contribution is 2.24. The minimum Gasteiger partial charge on any atom is -0.497 e. The number of amides is 1. The van der Waals surface area contributed by atoms with Gasteiger partial charge in [0.15, 0.2) is 0 Å². The summed E-state index contributed by atoms with van der Waals surface area (Å²) in [5.41, 5.74) is 0.605. The number of nitrogens with one attached hydrogen (secondary N) is 1. The van der Waals surface area contributed by atoms with E-state index in [1.54, 1.807) is 25.1 Å². The van der Waals surface area contributed by atoms with Crippen LogP contribution in [-0.2, 0) is 16.0 Å². The first-order valence-electron chi connectivity index (χ1n) is 7.98. The number of benzene rings is 1. The van der Waals surface area contributed by atoms with Crippen LogP contribution in [0.5, 0.6) is 5.75 Å². The molecule has 1 aromatic heterocycles. The molecular weight excluding hydrogens is 358 g/mol. The molecule has 1 aromatic carbocycles. The van der Waals surface area contributed by atoms with Crippen molar-refractivity contribution in [1.29, 1.82) is 0 Å². The fourth-order valence-corrected chi connectivity index (χ4v) is 3.08. The van der Waals surface area contributed by atoms with Gasteiger partial charge in [0.25, 0.3) is 0 Å². The van der Waals surface area contributed by atoms with Crippen molar-refractivity contribution in [3.8, 4) is 5.75 Å². The Labute approximate surface area is 154 Å². The molecule has 1 atom stereocenters. The second-order valence-corrected chi connectivity index (χ2v) is 6.76. The maximum atomic E-state index is 12.3. The zero-order valence-electron chi connectivity index (χ0n) is 14.8. The van der Waals surface area contributed by atoms with Crippen LogP contribution in [0.15, 0.2) is 27.4 Å². The molecule has 8 heteroatoms. The predicted octanol–water partition coefficient (Wildman–Crippen LogP) is 1.98. The lowest BCUT2D eigenvalue weighted by Crippen LogP contribution is -2.42. The molecular formula is C18H21NO6S. The number of carboxylic acids is 1. The summed E-state index contributed by atoms with van der Waals surface area (Å²) in [7, 11) is 1.51. The average molecular weight is 379 g/mol. The number of aryl methyl sites for hydroxylation is 1. The maximum Gasteiger partial charge on any atom is 0.340 e. The van der Waals surface area contributed by atoms with Crippen LogP contribution in [-0.4, -0.2) is 42.1 Å². The molecule has 0 saturated heterocycles. The molecule has 1 heterocycles. The molecule has 2 N–H and O–H groups in total. The van der Waals surface area contributed by atoms with Gasteiger partial charge < -0.3 is 19.6 Å². The smallest absolute Gasteiger partial charge is 0.340 e. The van der Waals surface area contributed by atoms with Crippen LogP contribution in [0.4, 0.5) is 0 Å². The molecule has 0 aliphatic heterocycles. The summed E-state index contributed by atoms with van der Waals surface area (Å²) in [4.78, 5) is 35.8. The van der Waals surface area contributed by atoms with Crippen LogP contribution in [0.3, 0.4) is 0 Å². The van der Waals surface area contributed by atoms with Crippen LogP contribution in [0.25, 0.3) is 11.0 Å². The number of carbonyl (C=O) groups excluding carboxylic acids is 1. The molecule has 140 valence electrons. The number of fused-ring (bicyclic) bond motifs is 1. The van der Waals surface area contributed by atoms with Gasteiger partial charge in [0, 0.05) is 11.5 Å². The Kier molecular flexibility index (Phi) is 6.68. The molecule has 0 radical (unpaired) electrons. The van der Waals surface area contributed by atoms with E-state index in [0.29, 0.717) is 34.5 Å². The Bertz CT molecular complexity index is 876. The van der Waals surface area contributed by atoms with E-state index in [1.807, 2.05) is 6.26 Å². The van der Waals surface area contributed by atoms with Gasteiger partial charge in [0.1, 0.15) is 17.4 Å². The summed E-state index contributed by atoms with van der Waals surface area (Å²) < 4.78 is 10.4. The number of rotatable bonds is 8. The van der Waals surface area contributed by atoms with E-state index in [-0.39, 0.29) is 12.0 Å². The van der Waals surface area contributed by atoms with Gasteiger partial charge in [0.2, 0.25) is 5.91 Å². The van der Waals surface area contributed by atoms with E-state index < -0.39 is 23.5 Å². The zero-order valence-corrected chi connectivity index (χ0v) is 15.6. The van der Waals surface area contributed by atoms with Crippen molar-refractivity contribution in [2.75, 3.05) is 19.1 Å². The first kappa shape index (κ1) is 19.8.